The minimum Gasteiger partial charge on any atom is -0.314 e. The van der Waals surface area contributed by atoms with Crippen molar-refractivity contribution in [2.45, 2.75) is 18.6 Å². The van der Waals surface area contributed by atoms with Crippen molar-refractivity contribution in [2.24, 2.45) is 0 Å². The molecule has 0 radical (unpaired) electrons. The Labute approximate surface area is 150 Å². The lowest BCUT2D eigenvalue weighted by molar-refractivity contribution is 0.715. The number of nitrogens with zero attached hydrogens (tertiary/aromatic N) is 2. The lowest BCUT2D eigenvalue weighted by Gasteiger charge is -2.12. The maximum atomic E-state index is 6.18. The average Bonchev–Trinajstić information content (AvgIpc) is 2.94. The van der Waals surface area contributed by atoms with Crippen molar-refractivity contribution in [1.29, 1.82) is 0 Å². The van der Waals surface area contributed by atoms with Crippen LogP contribution in [0.25, 0.3) is 11.3 Å². The van der Waals surface area contributed by atoms with E-state index in [-0.39, 0.29) is 0 Å². The highest BCUT2D eigenvalue weighted by Gasteiger charge is 2.13. The van der Waals surface area contributed by atoms with Crippen LogP contribution in [0.2, 0.25) is 10.0 Å². The van der Waals surface area contributed by atoms with Crippen molar-refractivity contribution in [3.05, 3.63) is 70.3 Å². The molecule has 0 saturated carbocycles. The number of imidazole rings is 1. The molecule has 0 unspecified atom stereocenters. The van der Waals surface area contributed by atoms with Gasteiger partial charge in [-0.3, -0.25) is 0 Å². The van der Waals surface area contributed by atoms with Crippen LogP contribution in [0.5, 0.6) is 0 Å². The van der Waals surface area contributed by atoms with Gasteiger partial charge in [-0.15, -0.1) is 0 Å². The molecule has 0 aliphatic heterocycles. The van der Waals surface area contributed by atoms with Gasteiger partial charge in [-0.2, -0.15) is 0 Å². The molecule has 3 aromatic rings. The molecule has 5 heteroatoms. The van der Waals surface area contributed by atoms with Gasteiger partial charge in [0.1, 0.15) is 0 Å². The summed E-state index contributed by atoms with van der Waals surface area (Å²) in [5.74, 6) is 0.979. The first-order chi connectivity index (χ1) is 11.2. The van der Waals surface area contributed by atoms with Gasteiger partial charge in [0.2, 0.25) is 0 Å². The number of thioether (sulfide) groups is 1. The van der Waals surface area contributed by atoms with Crippen LogP contribution in [-0.2, 0) is 6.54 Å². The van der Waals surface area contributed by atoms with E-state index in [0.29, 0.717) is 10.0 Å². The van der Waals surface area contributed by atoms with E-state index in [1.807, 2.05) is 30.5 Å². The van der Waals surface area contributed by atoms with Crippen molar-refractivity contribution in [1.82, 2.24) is 9.55 Å². The second kappa shape index (κ2) is 7.43. The first-order valence-electron chi connectivity index (χ1n) is 7.36. The van der Waals surface area contributed by atoms with Crippen LogP contribution >= 0.6 is 35.0 Å². The summed E-state index contributed by atoms with van der Waals surface area (Å²) in [6.07, 6.45) is 1.90. The van der Waals surface area contributed by atoms with Crippen molar-refractivity contribution >= 4 is 35.0 Å². The van der Waals surface area contributed by atoms with E-state index in [1.165, 1.54) is 5.56 Å². The Morgan fingerprint density at radius 1 is 1.04 bits per heavy atom. The van der Waals surface area contributed by atoms with Gasteiger partial charge < -0.3 is 4.57 Å². The number of halogens is 2. The van der Waals surface area contributed by atoms with E-state index < -0.39 is 0 Å². The van der Waals surface area contributed by atoms with Crippen LogP contribution in [0.1, 0.15) is 12.5 Å². The van der Waals surface area contributed by atoms with Crippen LogP contribution in [0.3, 0.4) is 0 Å². The third kappa shape index (κ3) is 3.74. The smallest absolute Gasteiger partial charge is 0.168 e. The summed E-state index contributed by atoms with van der Waals surface area (Å²) in [4.78, 5) is 4.58. The van der Waals surface area contributed by atoms with Crippen LogP contribution in [0.15, 0.2) is 59.9 Å². The van der Waals surface area contributed by atoms with E-state index in [1.54, 1.807) is 11.8 Å². The summed E-state index contributed by atoms with van der Waals surface area (Å²) < 4.78 is 2.23. The largest absolute Gasteiger partial charge is 0.314 e. The zero-order valence-corrected chi connectivity index (χ0v) is 15.0. The first kappa shape index (κ1) is 16.4. The van der Waals surface area contributed by atoms with Crippen molar-refractivity contribution in [2.75, 3.05) is 5.75 Å². The van der Waals surface area contributed by atoms with Gasteiger partial charge in [0.15, 0.2) is 5.16 Å². The zero-order chi connectivity index (χ0) is 16.2. The maximum absolute atomic E-state index is 6.18. The topological polar surface area (TPSA) is 17.8 Å². The maximum Gasteiger partial charge on any atom is 0.168 e. The molecule has 0 fully saturated rings. The number of hydrogen-bond donors (Lipinski definition) is 0. The Kier molecular flexibility index (Phi) is 5.31. The summed E-state index contributed by atoms with van der Waals surface area (Å²) in [5, 5.41) is 2.13. The van der Waals surface area contributed by atoms with E-state index >= 15 is 0 Å². The Morgan fingerprint density at radius 3 is 2.52 bits per heavy atom. The van der Waals surface area contributed by atoms with Gasteiger partial charge in [0, 0.05) is 5.56 Å². The van der Waals surface area contributed by atoms with Crippen molar-refractivity contribution < 1.29 is 0 Å². The molecular formula is C18H16Cl2N2S. The number of benzene rings is 2. The van der Waals surface area contributed by atoms with E-state index in [2.05, 4.69) is 40.7 Å². The minimum absolute atomic E-state index is 0.557. The molecule has 0 aliphatic carbocycles. The fraction of sp³-hybridized carbons (Fsp3) is 0.167. The van der Waals surface area contributed by atoms with Gasteiger partial charge in [-0.1, -0.05) is 78.3 Å². The normalized spacial score (nSPS) is 10.9. The van der Waals surface area contributed by atoms with E-state index in [9.17, 15) is 0 Å². The van der Waals surface area contributed by atoms with Crippen LogP contribution < -0.4 is 0 Å². The summed E-state index contributed by atoms with van der Waals surface area (Å²) in [5.41, 5.74) is 3.30. The molecule has 0 amide bonds. The standard InChI is InChI=1S/C18H16Cl2N2S/c1-2-23-18-21-11-17(14-8-9-15(19)16(20)10-14)22(18)12-13-6-4-3-5-7-13/h3-11H,2,12H2,1H3. The molecular weight excluding hydrogens is 347 g/mol. The Morgan fingerprint density at radius 2 is 1.83 bits per heavy atom. The zero-order valence-electron chi connectivity index (χ0n) is 12.7. The predicted molar refractivity (Wildman–Crippen MR) is 99.6 cm³/mol. The molecule has 0 N–H and O–H groups in total. The van der Waals surface area contributed by atoms with Gasteiger partial charge in [-0.05, 0) is 23.4 Å². The van der Waals surface area contributed by atoms with Crippen LogP contribution in [0.4, 0.5) is 0 Å². The SMILES string of the molecule is CCSc1ncc(-c2ccc(Cl)c(Cl)c2)n1Cc1ccccc1. The highest BCUT2D eigenvalue weighted by Crippen LogP contribution is 2.31. The molecule has 0 atom stereocenters. The molecule has 2 aromatic carbocycles. The van der Waals surface area contributed by atoms with E-state index in [0.717, 1.165) is 28.7 Å². The monoisotopic (exact) mass is 362 g/mol. The molecule has 0 bridgehead atoms. The summed E-state index contributed by atoms with van der Waals surface area (Å²) >= 11 is 13.9. The predicted octanol–water partition coefficient (Wildman–Crippen LogP) is 6.02. The molecule has 0 saturated heterocycles. The molecule has 0 spiro atoms. The summed E-state index contributed by atoms with van der Waals surface area (Å²) in [6.45, 7) is 2.91. The first-order valence-corrected chi connectivity index (χ1v) is 9.11. The second-order valence-electron chi connectivity index (χ2n) is 5.06. The van der Waals surface area contributed by atoms with Crippen molar-refractivity contribution in [3.8, 4) is 11.3 Å². The highest BCUT2D eigenvalue weighted by atomic mass is 35.5. The fourth-order valence-corrected chi connectivity index (χ4v) is 3.41. The quantitative estimate of drug-likeness (QED) is 0.516. The molecule has 23 heavy (non-hydrogen) atoms. The molecule has 2 nitrogen and oxygen atoms in total. The molecule has 3 rings (SSSR count). The molecule has 118 valence electrons. The number of aromatic nitrogens is 2. The Hall–Kier alpha value is -1.42. The highest BCUT2D eigenvalue weighted by molar-refractivity contribution is 7.99. The summed E-state index contributed by atoms with van der Waals surface area (Å²) in [7, 11) is 0. The molecule has 1 heterocycles. The fourth-order valence-electron chi connectivity index (χ4n) is 2.41. The van der Waals surface area contributed by atoms with Gasteiger partial charge in [0.05, 0.1) is 28.5 Å². The lowest BCUT2D eigenvalue weighted by Crippen LogP contribution is -2.03. The number of hydrogen-bond acceptors (Lipinski definition) is 2. The average molecular weight is 363 g/mol. The van der Waals surface area contributed by atoms with Crippen LogP contribution in [-0.4, -0.2) is 15.3 Å². The lowest BCUT2D eigenvalue weighted by atomic mass is 10.1. The third-order valence-electron chi connectivity index (χ3n) is 3.49. The van der Waals surface area contributed by atoms with Crippen molar-refractivity contribution in [3.63, 3.8) is 0 Å². The van der Waals surface area contributed by atoms with Crippen LogP contribution in [0, 0.1) is 0 Å². The molecule has 0 aliphatic rings. The number of rotatable bonds is 5. The van der Waals surface area contributed by atoms with Gasteiger partial charge >= 0.3 is 0 Å². The Balaban J connectivity index is 2.04. The second-order valence-corrected chi connectivity index (χ2v) is 7.11. The molecule has 1 aromatic heterocycles. The minimum atomic E-state index is 0.557. The van der Waals surface area contributed by atoms with Gasteiger partial charge in [0.25, 0.3) is 0 Å². The van der Waals surface area contributed by atoms with Gasteiger partial charge in [-0.25, -0.2) is 4.98 Å². The third-order valence-corrected chi connectivity index (χ3v) is 5.10. The Bertz CT molecular complexity index is 800. The van der Waals surface area contributed by atoms with E-state index in [4.69, 9.17) is 23.2 Å². The summed E-state index contributed by atoms with van der Waals surface area (Å²) in [6, 6.07) is 16.1.